The summed E-state index contributed by atoms with van der Waals surface area (Å²) in [4.78, 5) is 0. The van der Waals surface area contributed by atoms with Gasteiger partial charge in [0.25, 0.3) is 0 Å². The molecule has 0 heterocycles. The minimum absolute atomic E-state index is 0.0316. The number of rotatable bonds is 3. The Morgan fingerprint density at radius 1 is 1.47 bits per heavy atom. The zero-order valence-electron chi connectivity index (χ0n) is 8.30. The van der Waals surface area contributed by atoms with Crippen LogP contribution in [0.3, 0.4) is 0 Å². The Labute approximate surface area is 92.0 Å². The monoisotopic (exact) mass is 229 g/mol. The van der Waals surface area contributed by atoms with E-state index in [-0.39, 0.29) is 17.2 Å². The number of halogens is 2. The summed E-state index contributed by atoms with van der Waals surface area (Å²) in [5, 5.41) is 8.49. The molecule has 0 aliphatic carbocycles. The number of benzene rings is 1. The highest BCUT2D eigenvalue weighted by Crippen LogP contribution is 2.37. The van der Waals surface area contributed by atoms with E-state index in [1.807, 2.05) is 6.07 Å². The molecular formula is C10H9ClFNO2. The molecule has 1 aromatic rings. The third-order valence-corrected chi connectivity index (χ3v) is 2.32. The first-order valence-electron chi connectivity index (χ1n) is 4.11. The van der Waals surface area contributed by atoms with Gasteiger partial charge in [-0.25, -0.2) is 4.39 Å². The molecule has 1 aromatic carbocycles. The van der Waals surface area contributed by atoms with Crippen molar-refractivity contribution in [1.29, 1.82) is 5.26 Å². The lowest BCUT2D eigenvalue weighted by atomic mass is 10.1. The molecule has 0 spiro atoms. The van der Waals surface area contributed by atoms with Gasteiger partial charge in [-0.2, -0.15) is 5.26 Å². The smallest absolute Gasteiger partial charge is 0.166 e. The molecule has 0 atom stereocenters. The summed E-state index contributed by atoms with van der Waals surface area (Å²) < 4.78 is 23.2. The Hall–Kier alpha value is -1.47. The van der Waals surface area contributed by atoms with E-state index < -0.39 is 5.82 Å². The molecule has 0 aliphatic rings. The van der Waals surface area contributed by atoms with Crippen LogP contribution in [-0.2, 0) is 6.42 Å². The van der Waals surface area contributed by atoms with Crippen LogP contribution in [-0.4, -0.2) is 14.2 Å². The zero-order valence-corrected chi connectivity index (χ0v) is 9.06. The van der Waals surface area contributed by atoms with Crippen LogP contribution in [0.15, 0.2) is 6.07 Å². The maximum absolute atomic E-state index is 13.3. The molecule has 1 rings (SSSR count). The van der Waals surface area contributed by atoms with Crippen LogP contribution >= 0.6 is 11.6 Å². The lowest BCUT2D eigenvalue weighted by Crippen LogP contribution is -1.98. The fourth-order valence-corrected chi connectivity index (χ4v) is 1.46. The molecule has 0 N–H and O–H groups in total. The Kier molecular flexibility index (Phi) is 3.75. The van der Waals surface area contributed by atoms with Gasteiger partial charge in [-0.05, 0) is 0 Å². The molecule has 0 bridgehead atoms. The summed E-state index contributed by atoms with van der Waals surface area (Å²) in [5.74, 6) is -0.102. The quantitative estimate of drug-likeness (QED) is 0.800. The molecule has 0 unspecified atom stereocenters. The number of nitriles is 1. The van der Waals surface area contributed by atoms with Crippen molar-refractivity contribution in [2.24, 2.45) is 0 Å². The topological polar surface area (TPSA) is 42.2 Å². The van der Waals surface area contributed by atoms with Crippen LogP contribution < -0.4 is 9.47 Å². The van der Waals surface area contributed by atoms with E-state index in [4.69, 9.17) is 26.3 Å². The lowest BCUT2D eigenvalue weighted by molar-refractivity contribution is 0.349. The van der Waals surface area contributed by atoms with Gasteiger partial charge in [-0.15, -0.1) is 0 Å². The van der Waals surface area contributed by atoms with E-state index in [1.54, 1.807) is 0 Å². The largest absolute Gasteiger partial charge is 0.493 e. The molecule has 0 saturated carbocycles. The van der Waals surface area contributed by atoms with Gasteiger partial charge in [0.2, 0.25) is 0 Å². The number of ether oxygens (including phenoxy) is 2. The second-order valence-corrected chi connectivity index (χ2v) is 3.10. The van der Waals surface area contributed by atoms with E-state index in [9.17, 15) is 4.39 Å². The average Bonchev–Trinajstić information content (AvgIpc) is 2.24. The van der Waals surface area contributed by atoms with Crippen molar-refractivity contribution in [2.75, 3.05) is 14.2 Å². The van der Waals surface area contributed by atoms with E-state index in [2.05, 4.69) is 0 Å². The van der Waals surface area contributed by atoms with Gasteiger partial charge >= 0.3 is 0 Å². The second-order valence-electron chi connectivity index (χ2n) is 2.72. The maximum atomic E-state index is 13.3. The lowest BCUT2D eigenvalue weighted by Gasteiger charge is -2.12. The van der Waals surface area contributed by atoms with Crippen molar-refractivity contribution >= 4 is 11.6 Å². The van der Waals surface area contributed by atoms with Crippen LogP contribution in [0, 0.1) is 17.1 Å². The Balaban J connectivity index is 3.43. The third kappa shape index (κ3) is 2.13. The van der Waals surface area contributed by atoms with Gasteiger partial charge in [-0.1, -0.05) is 11.6 Å². The molecule has 3 nitrogen and oxygen atoms in total. The summed E-state index contributed by atoms with van der Waals surface area (Å²) in [5.41, 5.74) is 0.304. The van der Waals surface area contributed by atoms with Crippen molar-refractivity contribution in [1.82, 2.24) is 0 Å². The predicted octanol–water partition coefficient (Wildman–Crippen LogP) is 2.56. The minimum Gasteiger partial charge on any atom is -0.493 e. The van der Waals surface area contributed by atoms with Crippen molar-refractivity contribution in [3.8, 4) is 17.6 Å². The van der Waals surface area contributed by atoms with Crippen molar-refractivity contribution in [3.63, 3.8) is 0 Å². The molecule has 0 fully saturated rings. The van der Waals surface area contributed by atoms with Gasteiger partial charge in [0.15, 0.2) is 11.5 Å². The summed E-state index contributed by atoms with van der Waals surface area (Å²) >= 11 is 5.72. The highest BCUT2D eigenvalue weighted by molar-refractivity contribution is 6.31. The average molecular weight is 230 g/mol. The molecule has 0 amide bonds. The van der Waals surface area contributed by atoms with Crippen LogP contribution in [0.2, 0.25) is 5.02 Å². The molecule has 15 heavy (non-hydrogen) atoms. The molecule has 5 heteroatoms. The van der Waals surface area contributed by atoms with E-state index in [0.717, 1.165) is 6.07 Å². The minimum atomic E-state index is -0.625. The third-order valence-electron chi connectivity index (χ3n) is 1.91. The number of hydrogen-bond donors (Lipinski definition) is 0. The van der Waals surface area contributed by atoms with Gasteiger partial charge in [-0.3, -0.25) is 0 Å². The summed E-state index contributed by atoms with van der Waals surface area (Å²) in [6, 6.07) is 3.02. The number of methoxy groups -OCH3 is 2. The first-order valence-corrected chi connectivity index (χ1v) is 4.49. The highest BCUT2D eigenvalue weighted by atomic mass is 35.5. The van der Waals surface area contributed by atoms with Crippen molar-refractivity contribution in [3.05, 3.63) is 22.5 Å². The SMILES string of the molecule is COc1cc(F)c(Cl)c(CC#N)c1OC. The fraction of sp³-hybridized carbons (Fsp3) is 0.300. The molecule has 0 aliphatic heterocycles. The normalized spacial score (nSPS) is 9.53. The van der Waals surface area contributed by atoms with Crippen LogP contribution in [0.4, 0.5) is 4.39 Å². The maximum Gasteiger partial charge on any atom is 0.166 e. The van der Waals surface area contributed by atoms with Crippen LogP contribution in [0.5, 0.6) is 11.5 Å². The number of nitrogens with zero attached hydrogens (tertiary/aromatic N) is 1. The first-order chi connectivity index (χ1) is 7.15. The van der Waals surface area contributed by atoms with Gasteiger partial charge in [0.1, 0.15) is 5.82 Å². The fourth-order valence-electron chi connectivity index (χ4n) is 1.25. The van der Waals surface area contributed by atoms with Gasteiger partial charge in [0, 0.05) is 11.6 Å². The second kappa shape index (κ2) is 4.85. The standard InChI is InChI=1S/C10H9ClFNO2/c1-14-8-5-7(12)9(11)6(3-4-13)10(8)15-2/h5H,3H2,1-2H3. The van der Waals surface area contributed by atoms with Crippen LogP contribution in [0.1, 0.15) is 5.56 Å². The van der Waals surface area contributed by atoms with E-state index >= 15 is 0 Å². The molecule has 0 aromatic heterocycles. The molecule has 80 valence electrons. The van der Waals surface area contributed by atoms with Crippen LogP contribution in [0.25, 0.3) is 0 Å². The highest BCUT2D eigenvalue weighted by Gasteiger charge is 2.18. The van der Waals surface area contributed by atoms with E-state index in [1.165, 1.54) is 14.2 Å². The Bertz CT molecular complexity index is 415. The zero-order chi connectivity index (χ0) is 11.4. The van der Waals surface area contributed by atoms with E-state index in [0.29, 0.717) is 11.3 Å². The predicted molar refractivity (Wildman–Crippen MR) is 53.8 cm³/mol. The molecule has 0 saturated heterocycles. The Morgan fingerprint density at radius 2 is 2.13 bits per heavy atom. The van der Waals surface area contributed by atoms with Crippen molar-refractivity contribution in [2.45, 2.75) is 6.42 Å². The van der Waals surface area contributed by atoms with Gasteiger partial charge < -0.3 is 9.47 Å². The van der Waals surface area contributed by atoms with Gasteiger partial charge in [0.05, 0.1) is 31.7 Å². The van der Waals surface area contributed by atoms with Crippen molar-refractivity contribution < 1.29 is 13.9 Å². The molecular weight excluding hydrogens is 221 g/mol. The summed E-state index contributed by atoms with van der Waals surface area (Å²) in [6.45, 7) is 0. The summed E-state index contributed by atoms with van der Waals surface area (Å²) in [7, 11) is 2.80. The summed E-state index contributed by atoms with van der Waals surface area (Å²) in [6.07, 6.45) is -0.0316. The Morgan fingerprint density at radius 3 is 2.60 bits per heavy atom. The molecule has 0 radical (unpaired) electrons. The first kappa shape index (κ1) is 11.6. The number of hydrogen-bond acceptors (Lipinski definition) is 3.